The molecule has 0 aromatic carbocycles. The summed E-state index contributed by atoms with van der Waals surface area (Å²) in [5.74, 6) is -0.0299. The van der Waals surface area contributed by atoms with E-state index in [2.05, 4.69) is 5.32 Å². The van der Waals surface area contributed by atoms with Crippen LogP contribution in [0.2, 0.25) is 0 Å². The van der Waals surface area contributed by atoms with E-state index in [9.17, 15) is 4.79 Å². The maximum absolute atomic E-state index is 11.7. The molecule has 4 nitrogen and oxygen atoms in total. The first-order chi connectivity index (χ1) is 7.48. The monoisotopic (exact) mass is 224 g/mol. The van der Waals surface area contributed by atoms with Crippen molar-refractivity contribution in [3.05, 3.63) is 24.0 Å². The number of hydrogen-bond acceptors (Lipinski definition) is 2. The molecule has 1 aromatic heterocycles. The van der Waals surface area contributed by atoms with Crippen LogP contribution >= 0.6 is 0 Å². The summed E-state index contributed by atoms with van der Waals surface area (Å²) in [5, 5.41) is 12.0. The van der Waals surface area contributed by atoms with Gasteiger partial charge in [-0.15, -0.1) is 0 Å². The molecule has 0 spiro atoms. The SMILES string of the molecule is CCC(C)(C)NC(=O)Cn1cccc1CO. The van der Waals surface area contributed by atoms with Gasteiger partial charge in [-0.2, -0.15) is 0 Å². The molecule has 0 aliphatic carbocycles. The van der Waals surface area contributed by atoms with Crippen molar-refractivity contribution >= 4 is 5.91 Å². The Labute approximate surface area is 96.3 Å². The van der Waals surface area contributed by atoms with Crippen molar-refractivity contribution in [2.75, 3.05) is 0 Å². The van der Waals surface area contributed by atoms with Crippen LogP contribution in [0.4, 0.5) is 0 Å². The average molecular weight is 224 g/mol. The Balaban J connectivity index is 2.58. The van der Waals surface area contributed by atoms with E-state index in [0.29, 0.717) is 0 Å². The molecule has 1 rings (SSSR count). The highest BCUT2D eigenvalue weighted by Crippen LogP contribution is 2.07. The fraction of sp³-hybridized carbons (Fsp3) is 0.583. The zero-order chi connectivity index (χ0) is 12.2. The standard InChI is InChI=1S/C12H20N2O2/c1-4-12(2,3)13-11(16)8-14-7-5-6-10(14)9-15/h5-7,15H,4,8-9H2,1-3H3,(H,13,16). The Morgan fingerprint density at radius 1 is 1.56 bits per heavy atom. The van der Waals surface area contributed by atoms with E-state index in [1.165, 1.54) is 0 Å². The minimum atomic E-state index is -0.177. The lowest BCUT2D eigenvalue weighted by atomic mass is 10.0. The average Bonchev–Trinajstić information content (AvgIpc) is 2.64. The van der Waals surface area contributed by atoms with Gasteiger partial charge >= 0.3 is 0 Å². The van der Waals surface area contributed by atoms with Crippen molar-refractivity contribution in [2.45, 2.75) is 45.9 Å². The molecule has 4 heteroatoms. The lowest BCUT2D eigenvalue weighted by molar-refractivity contribution is -0.123. The lowest BCUT2D eigenvalue weighted by Crippen LogP contribution is -2.44. The van der Waals surface area contributed by atoms with Crippen molar-refractivity contribution in [1.29, 1.82) is 0 Å². The van der Waals surface area contributed by atoms with E-state index in [-0.39, 0.29) is 24.6 Å². The van der Waals surface area contributed by atoms with Crippen LogP contribution in [0.15, 0.2) is 18.3 Å². The zero-order valence-corrected chi connectivity index (χ0v) is 10.2. The first kappa shape index (κ1) is 12.8. The summed E-state index contributed by atoms with van der Waals surface area (Å²) in [6.07, 6.45) is 2.68. The molecule has 0 saturated carbocycles. The molecular weight excluding hydrogens is 204 g/mol. The van der Waals surface area contributed by atoms with Gasteiger partial charge in [0.15, 0.2) is 0 Å². The summed E-state index contributed by atoms with van der Waals surface area (Å²) >= 11 is 0. The maximum Gasteiger partial charge on any atom is 0.240 e. The number of carbonyl (C=O) groups is 1. The fourth-order valence-corrected chi connectivity index (χ4v) is 1.41. The van der Waals surface area contributed by atoms with Gasteiger partial charge in [0, 0.05) is 17.4 Å². The molecule has 0 atom stereocenters. The number of nitrogens with zero attached hydrogens (tertiary/aromatic N) is 1. The Hall–Kier alpha value is -1.29. The molecule has 1 aromatic rings. The molecule has 0 radical (unpaired) electrons. The second-order valence-corrected chi connectivity index (χ2v) is 4.57. The summed E-state index contributed by atoms with van der Waals surface area (Å²) in [7, 11) is 0. The van der Waals surface area contributed by atoms with Gasteiger partial charge in [0.05, 0.1) is 6.61 Å². The van der Waals surface area contributed by atoms with E-state index in [1.54, 1.807) is 16.8 Å². The van der Waals surface area contributed by atoms with Crippen LogP contribution in [0.5, 0.6) is 0 Å². The Morgan fingerprint density at radius 3 is 2.81 bits per heavy atom. The van der Waals surface area contributed by atoms with Gasteiger partial charge in [0.2, 0.25) is 5.91 Å². The van der Waals surface area contributed by atoms with Crippen LogP contribution < -0.4 is 5.32 Å². The minimum absolute atomic E-state index is 0.0299. The predicted octanol–water partition coefficient (Wildman–Crippen LogP) is 1.29. The molecule has 2 N–H and O–H groups in total. The molecule has 16 heavy (non-hydrogen) atoms. The highest BCUT2D eigenvalue weighted by molar-refractivity contribution is 5.76. The summed E-state index contributed by atoms with van der Waals surface area (Å²) in [5.41, 5.74) is 0.577. The third kappa shape index (κ3) is 3.38. The Bertz CT molecular complexity index is 356. The molecule has 0 aliphatic rings. The second-order valence-electron chi connectivity index (χ2n) is 4.57. The number of amides is 1. The Kier molecular flexibility index (Phi) is 4.12. The first-order valence-electron chi connectivity index (χ1n) is 5.54. The van der Waals surface area contributed by atoms with Crippen LogP contribution in [0.1, 0.15) is 32.9 Å². The van der Waals surface area contributed by atoms with E-state index >= 15 is 0 Å². The van der Waals surface area contributed by atoms with Gasteiger partial charge in [-0.3, -0.25) is 4.79 Å². The number of nitrogens with one attached hydrogen (secondary N) is 1. The van der Waals surface area contributed by atoms with E-state index in [0.717, 1.165) is 12.1 Å². The molecule has 0 aliphatic heterocycles. The molecule has 0 bridgehead atoms. The number of rotatable bonds is 5. The molecule has 0 unspecified atom stereocenters. The van der Waals surface area contributed by atoms with Crippen molar-refractivity contribution < 1.29 is 9.90 Å². The molecule has 0 saturated heterocycles. The lowest BCUT2D eigenvalue weighted by Gasteiger charge is -2.24. The highest BCUT2D eigenvalue weighted by Gasteiger charge is 2.17. The third-order valence-corrected chi connectivity index (χ3v) is 2.76. The predicted molar refractivity (Wildman–Crippen MR) is 62.9 cm³/mol. The number of aliphatic hydroxyl groups excluding tert-OH is 1. The van der Waals surface area contributed by atoms with E-state index in [1.807, 2.05) is 26.8 Å². The van der Waals surface area contributed by atoms with Gasteiger partial charge in [0.1, 0.15) is 6.54 Å². The molecule has 0 fully saturated rings. The van der Waals surface area contributed by atoms with Gasteiger partial charge in [-0.05, 0) is 32.4 Å². The van der Waals surface area contributed by atoms with Crippen molar-refractivity contribution in [1.82, 2.24) is 9.88 Å². The van der Waals surface area contributed by atoms with Crippen LogP contribution in [0, 0.1) is 0 Å². The fourth-order valence-electron chi connectivity index (χ4n) is 1.41. The molecule has 1 heterocycles. The van der Waals surface area contributed by atoms with Gasteiger partial charge in [0.25, 0.3) is 0 Å². The zero-order valence-electron chi connectivity index (χ0n) is 10.2. The van der Waals surface area contributed by atoms with Crippen molar-refractivity contribution in [2.24, 2.45) is 0 Å². The normalized spacial score (nSPS) is 11.5. The minimum Gasteiger partial charge on any atom is -0.390 e. The maximum atomic E-state index is 11.7. The second kappa shape index (κ2) is 5.16. The van der Waals surface area contributed by atoms with E-state index < -0.39 is 0 Å². The van der Waals surface area contributed by atoms with Crippen molar-refractivity contribution in [3.8, 4) is 0 Å². The first-order valence-corrected chi connectivity index (χ1v) is 5.54. The summed E-state index contributed by atoms with van der Waals surface area (Å²) < 4.78 is 1.75. The van der Waals surface area contributed by atoms with Gasteiger partial charge < -0.3 is 15.0 Å². The summed E-state index contributed by atoms with van der Waals surface area (Å²) in [4.78, 5) is 11.7. The topological polar surface area (TPSA) is 54.3 Å². The summed E-state index contributed by atoms with van der Waals surface area (Å²) in [6, 6.07) is 3.63. The smallest absolute Gasteiger partial charge is 0.240 e. The highest BCUT2D eigenvalue weighted by atomic mass is 16.3. The molecule has 90 valence electrons. The van der Waals surface area contributed by atoms with Gasteiger partial charge in [-0.1, -0.05) is 6.92 Å². The molecular formula is C12H20N2O2. The summed E-state index contributed by atoms with van der Waals surface area (Å²) in [6.45, 7) is 6.24. The van der Waals surface area contributed by atoms with Crippen molar-refractivity contribution in [3.63, 3.8) is 0 Å². The molecule has 1 amide bonds. The van der Waals surface area contributed by atoms with Crippen LogP contribution in [-0.2, 0) is 17.9 Å². The number of aliphatic hydroxyl groups is 1. The largest absolute Gasteiger partial charge is 0.390 e. The Morgan fingerprint density at radius 2 is 2.25 bits per heavy atom. The van der Waals surface area contributed by atoms with Crippen LogP contribution in [-0.4, -0.2) is 21.1 Å². The van der Waals surface area contributed by atoms with Crippen LogP contribution in [0.3, 0.4) is 0 Å². The number of carbonyl (C=O) groups excluding carboxylic acids is 1. The number of hydrogen-bond donors (Lipinski definition) is 2. The third-order valence-electron chi connectivity index (χ3n) is 2.76. The number of aromatic nitrogens is 1. The van der Waals surface area contributed by atoms with E-state index in [4.69, 9.17) is 5.11 Å². The quantitative estimate of drug-likeness (QED) is 0.791. The van der Waals surface area contributed by atoms with Crippen LogP contribution in [0.25, 0.3) is 0 Å². The van der Waals surface area contributed by atoms with Gasteiger partial charge in [-0.25, -0.2) is 0 Å².